The van der Waals surface area contributed by atoms with Gasteiger partial charge in [0, 0.05) is 30.3 Å². The summed E-state index contributed by atoms with van der Waals surface area (Å²) >= 11 is 0. The van der Waals surface area contributed by atoms with Gasteiger partial charge in [-0.2, -0.15) is 0 Å². The maximum atomic E-state index is 12.9. The number of hydrogen-bond acceptors (Lipinski definition) is 4. The van der Waals surface area contributed by atoms with E-state index in [-0.39, 0.29) is 18.4 Å². The van der Waals surface area contributed by atoms with Gasteiger partial charge in [0.25, 0.3) is 11.8 Å². The molecule has 7 heteroatoms. The highest BCUT2D eigenvalue weighted by Gasteiger charge is 2.09. The molecule has 0 aromatic heterocycles. The SMILES string of the molecule is CC(=O)Oc1cccc(C(=O)Nc2ccc(CNC(=O)c3ccc(F)cc3)cc2)c1. The Labute approximate surface area is 172 Å². The van der Waals surface area contributed by atoms with Gasteiger partial charge in [-0.15, -0.1) is 0 Å². The van der Waals surface area contributed by atoms with Crippen molar-refractivity contribution in [2.75, 3.05) is 5.32 Å². The zero-order valence-corrected chi connectivity index (χ0v) is 16.1. The minimum Gasteiger partial charge on any atom is -0.427 e. The fourth-order valence-corrected chi connectivity index (χ4v) is 2.66. The van der Waals surface area contributed by atoms with E-state index in [1.165, 1.54) is 37.3 Å². The summed E-state index contributed by atoms with van der Waals surface area (Å²) in [7, 11) is 0. The van der Waals surface area contributed by atoms with E-state index in [1.54, 1.807) is 42.5 Å². The maximum Gasteiger partial charge on any atom is 0.308 e. The first-order valence-corrected chi connectivity index (χ1v) is 9.13. The smallest absolute Gasteiger partial charge is 0.308 e. The number of carbonyl (C=O) groups is 3. The molecule has 2 N–H and O–H groups in total. The molecule has 0 aliphatic heterocycles. The highest BCUT2D eigenvalue weighted by molar-refractivity contribution is 6.04. The molecule has 3 aromatic carbocycles. The third-order valence-corrected chi connectivity index (χ3v) is 4.13. The van der Waals surface area contributed by atoms with E-state index >= 15 is 0 Å². The molecular weight excluding hydrogens is 387 g/mol. The van der Waals surface area contributed by atoms with E-state index in [9.17, 15) is 18.8 Å². The van der Waals surface area contributed by atoms with Gasteiger partial charge >= 0.3 is 5.97 Å². The van der Waals surface area contributed by atoms with E-state index in [2.05, 4.69) is 10.6 Å². The van der Waals surface area contributed by atoms with Crippen molar-refractivity contribution < 1.29 is 23.5 Å². The quantitative estimate of drug-likeness (QED) is 0.480. The number of benzene rings is 3. The third kappa shape index (κ3) is 5.75. The highest BCUT2D eigenvalue weighted by Crippen LogP contribution is 2.16. The number of esters is 1. The van der Waals surface area contributed by atoms with E-state index < -0.39 is 11.8 Å². The summed E-state index contributed by atoms with van der Waals surface area (Å²) in [5.74, 6) is -1.22. The van der Waals surface area contributed by atoms with Crippen LogP contribution in [-0.2, 0) is 11.3 Å². The van der Waals surface area contributed by atoms with Gasteiger partial charge in [-0.25, -0.2) is 4.39 Å². The Morgan fingerprint density at radius 3 is 2.23 bits per heavy atom. The average Bonchev–Trinajstić information content (AvgIpc) is 2.73. The second-order valence-electron chi connectivity index (χ2n) is 6.46. The van der Waals surface area contributed by atoms with Crippen LogP contribution in [0, 0.1) is 5.82 Å². The summed E-state index contributed by atoms with van der Waals surface area (Å²) in [5.41, 5.74) is 2.13. The number of hydrogen-bond donors (Lipinski definition) is 2. The van der Waals surface area contributed by atoms with Crippen molar-refractivity contribution in [1.82, 2.24) is 5.32 Å². The summed E-state index contributed by atoms with van der Waals surface area (Å²) < 4.78 is 17.9. The summed E-state index contributed by atoms with van der Waals surface area (Å²) in [6.45, 7) is 1.57. The van der Waals surface area contributed by atoms with Gasteiger partial charge in [-0.1, -0.05) is 18.2 Å². The van der Waals surface area contributed by atoms with Crippen molar-refractivity contribution in [3.8, 4) is 5.75 Å². The molecule has 30 heavy (non-hydrogen) atoms. The van der Waals surface area contributed by atoms with Gasteiger partial charge in [0.1, 0.15) is 11.6 Å². The van der Waals surface area contributed by atoms with Gasteiger partial charge < -0.3 is 15.4 Å². The van der Waals surface area contributed by atoms with Crippen LogP contribution >= 0.6 is 0 Å². The molecule has 0 radical (unpaired) electrons. The lowest BCUT2D eigenvalue weighted by Crippen LogP contribution is -2.22. The lowest BCUT2D eigenvalue weighted by atomic mass is 10.1. The molecule has 0 spiro atoms. The number of carbonyl (C=O) groups excluding carboxylic acids is 3. The molecule has 3 rings (SSSR count). The average molecular weight is 406 g/mol. The number of halogens is 1. The van der Waals surface area contributed by atoms with E-state index in [4.69, 9.17) is 4.74 Å². The van der Waals surface area contributed by atoms with Crippen molar-refractivity contribution in [1.29, 1.82) is 0 Å². The van der Waals surface area contributed by atoms with Gasteiger partial charge in [0.2, 0.25) is 0 Å². The van der Waals surface area contributed by atoms with Crippen LogP contribution in [0.1, 0.15) is 33.2 Å². The van der Waals surface area contributed by atoms with Gasteiger partial charge in [-0.05, 0) is 60.2 Å². The molecule has 3 aromatic rings. The maximum absolute atomic E-state index is 12.9. The zero-order valence-electron chi connectivity index (χ0n) is 16.1. The number of rotatable bonds is 6. The van der Waals surface area contributed by atoms with E-state index in [0.29, 0.717) is 22.6 Å². The van der Waals surface area contributed by atoms with E-state index in [1.807, 2.05) is 0 Å². The highest BCUT2D eigenvalue weighted by atomic mass is 19.1. The van der Waals surface area contributed by atoms with Crippen LogP contribution in [0.2, 0.25) is 0 Å². The van der Waals surface area contributed by atoms with Crippen molar-refractivity contribution in [3.63, 3.8) is 0 Å². The predicted molar refractivity (Wildman–Crippen MR) is 110 cm³/mol. The van der Waals surface area contributed by atoms with Crippen molar-refractivity contribution in [2.45, 2.75) is 13.5 Å². The summed E-state index contributed by atoms with van der Waals surface area (Å²) in [6.07, 6.45) is 0. The fourth-order valence-electron chi connectivity index (χ4n) is 2.66. The number of ether oxygens (including phenoxy) is 1. The minimum absolute atomic E-state index is 0.287. The van der Waals surface area contributed by atoms with Gasteiger partial charge in [-0.3, -0.25) is 14.4 Å². The lowest BCUT2D eigenvalue weighted by molar-refractivity contribution is -0.131. The normalized spacial score (nSPS) is 10.2. The molecule has 0 bridgehead atoms. The van der Waals surface area contributed by atoms with Gasteiger partial charge in [0.15, 0.2) is 0 Å². The van der Waals surface area contributed by atoms with Crippen LogP contribution < -0.4 is 15.4 Å². The molecular formula is C23H19FN2O4. The standard InChI is InChI=1S/C23H19FN2O4/c1-15(27)30-21-4-2-3-18(13-21)23(29)26-20-11-5-16(6-12-20)14-25-22(28)17-7-9-19(24)10-8-17/h2-13H,14H2,1H3,(H,25,28)(H,26,29). The Morgan fingerprint density at radius 2 is 1.57 bits per heavy atom. The van der Waals surface area contributed by atoms with Crippen molar-refractivity contribution >= 4 is 23.5 Å². The topological polar surface area (TPSA) is 84.5 Å². The Balaban J connectivity index is 1.56. The molecule has 2 amide bonds. The molecule has 0 fully saturated rings. The molecule has 0 heterocycles. The van der Waals surface area contributed by atoms with Crippen LogP contribution in [0.25, 0.3) is 0 Å². The number of amides is 2. The van der Waals surface area contributed by atoms with Crippen LogP contribution in [0.15, 0.2) is 72.8 Å². The zero-order chi connectivity index (χ0) is 21.5. The first kappa shape index (κ1) is 20.7. The van der Waals surface area contributed by atoms with Crippen LogP contribution in [0.4, 0.5) is 10.1 Å². The molecule has 0 atom stereocenters. The monoisotopic (exact) mass is 406 g/mol. The molecule has 0 saturated carbocycles. The fraction of sp³-hybridized carbons (Fsp3) is 0.0870. The Kier molecular flexibility index (Phi) is 6.54. The van der Waals surface area contributed by atoms with Crippen LogP contribution in [-0.4, -0.2) is 17.8 Å². The summed E-state index contributed by atoms with van der Waals surface area (Å²) in [6, 6.07) is 18.6. The molecule has 6 nitrogen and oxygen atoms in total. The lowest BCUT2D eigenvalue weighted by Gasteiger charge is -2.09. The Morgan fingerprint density at radius 1 is 0.867 bits per heavy atom. The van der Waals surface area contributed by atoms with Crippen LogP contribution in [0.5, 0.6) is 5.75 Å². The van der Waals surface area contributed by atoms with Crippen molar-refractivity contribution in [3.05, 3.63) is 95.3 Å². The minimum atomic E-state index is -0.463. The van der Waals surface area contributed by atoms with Crippen molar-refractivity contribution in [2.24, 2.45) is 0 Å². The number of nitrogens with one attached hydrogen (secondary N) is 2. The first-order chi connectivity index (χ1) is 14.4. The third-order valence-electron chi connectivity index (χ3n) is 4.13. The first-order valence-electron chi connectivity index (χ1n) is 9.13. The molecule has 152 valence electrons. The summed E-state index contributed by atoms with van der Waals surface area (Å²) in [4.78, 5) is 35.5. The second-order valence-corrected chi connectivity index (χ2v) is 6.46. The predicted octanol–water partition coefficient (Wildman–Crippen LogP) is 3.93. The number of anilines is 1. The Bertz CT molecular complexity index is 1060. The largest absolute Gasteiger partial charge is 0.427 e. The molecule has 0 saturated heterocycles. The molecule has 0 aliphatic carbocycles. The molecule has 0 aliphatic rings. The molecule has 0 unspecified atom stereocenters. The van der Waals surface area contributed by atoms with Crippen LogP contribution in [0.3, 0.4) is 0 Å². The Hall–Kier alpha value is -4.00. The second kappa shape index (κ2) is 9.47. The van der Waals surface area contributed by atoms with Gasteiger partial charge in [0.05, 0.1) is 0 Å². The summed E-state index contributed by atoms with van der Waals surface area (Å²) in [5, 5.41) is 5.51. The van der Waals surface area contributed by atoms with E-state index in [0.717, 1.165) is 5.56 Å².